The molecule has 0 aliphatic carbocycles. The van der Waals surface area contributed by atoms with E-state index in [1.165, 1.54) is 24.8 Å². The number of aliphatic imine (C=N–C) groups is 1. The molecule has 1 aromatic rings. The average molecular weight is 256 g/mol. The Hall–Kier alpha value is -2.10. The highest BCUT2D eigenvalue weighted by Crippen LogP contribution is 2.37. The molecule has 0 radical (unpaired) electrons. The molecule has 2 heterocycles. The van der Waals surface area contributed by atoms with Crippen LogP contribution in [-0.4, -0.2) is 37.8 Å². The van der Waals surface area contributed by atoms with Gasteiger partial charge in [0.1, 0.15) is 0 Å². The Labute approximate surface area is 112 Å². The van der Waals surface area contributed by atoms with Gasteiger partial charge in [-0.05, 0) is 25.0 Å². The second-order valence-corrected chi connectivity index (χ2v) is 4.87. The molecule has 0 amide bonds. The topological polar surface area (TPSA) is 41.9 Å². The van der Waals surface area contributed by atoms with Crippen molar-refractivity contribution in [2.45, 2.75) is 12.8 Å². The van der Waals surface area contributed by atoms with Gasteiger partial charge in [0, 0.05) is 36.6 Å². The van der Waals surface area contributed by atoms with Crippen LogP contribution in [0.5, 0.6) is 0 Å². The molecule has 2 aliphatic heterocycles. The lowest BCUT2D eigenvalue weighted by Crippen LogP contribution is -2.11. The maximum atomic E-state index is 11.5. The Morgan fingerprint density at radius 2 is 2.26 bits per heavy atom. The van der Waals surface area contributed by atoms with Crippen LogP contribution in [0.3, 0.4) is 0 Å². The summed E-state index contributed by atoms with van der Waals surface area (Å²) in [6, 6.07) is 5.55. The molecule has 98 valence electrons. The van der Waals surface area contributed by atoms with Gasteiger partial charge in [0.2, 0.25) is 0 Å². The minimum atomic E-state index is -0.322. The van der Waals surface area contributed by atoms with Crippen molar-refractivity contribution in [1.82, 2.24) is 4.90 Å². The van der Waals surface area contributed by atoms with Crippen LogP contribution < -0.4 is 0 Å². The van der Waals surface area contributed by atoms with Gasteiger partial charge in [0.15, 0.2) is 0 Å². The molecule has 1 saturated heterocycles. The van der Waals surface area contributed by atoms with E-state index < -0.39 is 0 Å². The van der Waals surface area contributed by atoms with E-state index in [0.717, 1.165) is 24.2 Å². The molecule has 0 saturated carbocycles. The summed E-state index contributed by atoms with van der Waals surface area (Å²) in [6.45, 7) is 1.10. The minimum Gasteiger partial charge on any atom is -0.465 e. The van der Waals surface area contributed by atoms with Crippen LogP contribution in [0.2, 0.25) is 0 Å². The van der Waals surface area contributed by atoms with Crippen LogP contribution in [0.25, 0.3) is 5.57 Å². The Morgan fingerprint density at radius 3 is 2.95 bits per heavy atom. The Bertz CT molecular complexity index is 602. The number of esters is 1. The molecule has 0 aromatic heterocycles. The van der Waals surface area contributed by atoms with Crippen molar-refractivity contribution in [2.24, 2.45) is 4.99 Å². The number of carbonyl (C=O) groups excluding carboxylic acids is 1. The molecule has 2 aliphatic rings. The zero-order valence-corrected chi connectivity index (χ0v) is 11.1. The van der Waals surface area contributed by atoms with Crippen molar-refractivity contribution in [2.75, 3.05) is 20.7 Å². The largest absolute Gasteiger partial charge is 0.465 e. The van der Waals surface area contributed by atoms with Gasteiger partial charge in [-0.2, -0.15) is 0 Å². The van der Waals surface area contributed by atoms with Crippen LogP contribution in [0, 0.1) is 0 Å². The second kappa shape index (κ2) is 4.53. The molecule has 0 bridgehead atoms. The standard InChI is InChI=1S/C15H16N2O2/c1-17-7-3-4-14(17)12-9-16-13-8-10(15(18)19-2)5-6-11(12)13/h5-6,8-9H,3-4,7H2,1-2H3. The fourth-order valence-electron chi connectivity index (χ4n) is 2.69. The quantitative estimate of drug-likeness (QED) is 0.725. The highest BCUT2D eigenvalue weighted by Gasteiger charge is 2.22. The number of nitrogens with zero attached hydrogens (tertiary/aromatic N) is 2. The lowest BCUT2D eigenvalue weighted by Gasteiger charge is -2.15. The van der Waals surface area contributed by atoms with E-state index in [9.17, 15) is 4.79 Å². The summed E-state index contributed by atoms with van der Waals surface area (Å²) in [5, 5.41) is 0. The molecule has 4 nitrogen and oxygen atoms in total. The molecule has 0 spiro atoms. The Balaban J connectivity index is 2.03. The first kappa shape index (κ1) is 12.0. The molecule has 0 atom stereocenters. The second-order valence-electron chi connectivity index (χ2n) is 4.87. The van der Waals surface area contributed by atoms with E-state index in [-0.39, 0.29) is 5.97 Å². The Morgan fingerprint density at radius 1 is 1.42 bits per heavy atom. The number of methoxy groups -OCH3 is 1. The third-order valence-corrected chi connectivity index (χ3v) is 3.72. The smallest absolute Gasteiger partial charge is 0.337 e. The molecule has 4 heteroatoms. The van der Waals surface area contributed by atoms with Crippen molar-refractivity contribution in [3.8, 4) is 0 Å². The monoisotopic (exact) mass is 256 g/mol. The minimum absolute atomic E-state index is 0.322. The van der Waals surface area contributed by atoms with Crippen molar-refractivity contribution >= 4 is 23.4 Å². The number of carbonyl (C=O) groups is 1. The fourth-order valence-corrected chi connectivity index (χ4v) is 2.69. The molecular weight excluding hydrogens is 240 g/mol. The van der Waals surface area contributed by atoms with E-state index in [4.69, 9.17) is 4.74 Å². The maximum Gasteiger partial charge on any atom is 0.337 e. The number of rotatable bonds is 1. The van der Waals surface area contributed by atoms with Crippen LogP contribution in [0.4, 0.5) is 5.69 Å². The van der Waals surface area contributed by atoms with Crippen molar-refractivity contribution in [1.29, 1.82) is 0 Å². The summed E-state index contributed by atoms with van der Waals surface area (Å²) < 4.78 is 4.73. The first-order valence-electron chi connectivity index (χ1n) is 6.42. The van der Waals surface area contributed by atoms with Crippen molar-refractivity contribution in [3.05, 3.63) is 35.0 Å². The Kier molecular flexibility index (Phi) is 2.85. The van der Waals surface area contributed by atoms with Gasteiger partial charge in [0.05, 0.1) is 18.4 Å². The van der Waals surface area contributed by atoms with Gasteiger partial charge in [-0.3, -0.25) is 4.99 Å². The van der Waals surface area contributed by atoms with Crippen molar-refractivity contribution in [3.63, 3.8) is 0 Å². The lowest BCUT2D eigenvalue weighted by atomic mass is 10.0. The maximum absolute atomic E-state index is 11.5. The van der Waals surface area contributed by atoms with Crippen molar-refractivity contribution < 1.29 is 9.53 Å². The summed E-state index contributed by atoms with van der Waals surface area (Å²) in [6.07, 6.45) is 4.19. The summed E-state index contributed by atoms with van der Waals surface area (Å²) in [4.78, 5) is 18.2. The summed E-state index contributed by atoms with van der Waals surface area (Å²) in [5.41, 5.74) is 5.03. The predicted octanol–water partition coefficient (Wildman–Crippen LogP) is 2.63. The highest BCUT2D eigenvalue weighted by molar-refractivity contribution is 6.17. The number of allylic oxidation sites excluding steroid dienone is 2. The predicted molar refractivity (Wildman–Crippen MR) is 74.7 cm³/mol. The van der Waals surface area contributed by atoms with Crippen LogP contribution >= 0.6 is 0 Å². The van der Waals surface area contributed by atoms with Gasteiger partial charge in [0.25, 0.3) is 0 Å². The van der Waals surface area contributed by atoms with Gasteiger partial charge < -0.3 is 9.64 Å². The molecule has 3 rings (SSSR count). The molecule has 1 fully saturated rings. The van der Waals surface area contributed by atoms with Crippen LogP contribution in [-0.2, 0) is 4.74 Å². The van der Waals surface area contributed by atoms with E-state index in [2.05, 4.69) is 16.9 Å². The first-order valence-corrected chi connectivity index (χ1v) is 6.42. The third-order valence-electron chi connectivity index (χ3n) is 3.72. The molecular formula is C15H16N2O2. The van der Waals surface area contributed by atoms with Crippen LogP contribution in [0.1, 0.15) is 28.8 Å². The lowest BCUT2D eigenvalue weighted by molar-refractivity contribution is 0.0601. The number of hydrogen-bond donors (Lipinski definition) is 0. The number of fused-ring (bicyclic) bond motifs is 1. The number of likely N-dealkylation sites (tertiary alicyclic amines) is 1. The molecule has 19 heavy (non-hydrogen) atoms. The molecule has 0 N–H and O–H groups in total. The highest BCUT2D eigenvalue weighted by atomic mass is 16.5. The van der Waals surface area contributed by atoms with E-state index >= 15 is 0 Å². The summed E-state index contributed by atoms with van der Waals surface area (Å²) in [5.74, 6) is -0.322. The SMILES string of the molecule is COC(=O)c1ccc2c(c1)N=CC2=C1CCCN1C. The van der Waals surface area contributed by atoms with Gasteiger partial charge >= 0.3 is 5.97 Å². The summed E-state index contributed by atoms with van der Waals surface area (Å²) in [7, 11) is 3.50. The molecule has 0 unspecified atom stereocenters. The number of hydrogen-bond acceptors (Lipinski definition) is 4. The average Bonchev–Trinajstić information content (AvgIpc) is 3.02. The zero-order chi connectivity index (χ0) is 13.4. The van der Waals surface area contributed by atoms with Gasteiger partial charge in [-0.25, -0.2) is 4.79 Å². The normalized spacial score (nSPS) is 20.8. The fraction of sp³-hybridized carbons (Fsp3) is 0.333. The van der Waals surface area contributed by atoms with Gasteiger partial charge in [-0.15, -0.1) is 0 Å². The third kappa shape index (κ3) is 1.93. The van der Waals surface area contributed by atoms with E-state index in [0.29, 0.717) is 5.56 Å². The van der Waals surface area contributed by atoms with E-state index in [1.807, 2.05) is 12.3 Å². The van der Waals surface area contributed by atoms with Crippen LogP contribution in [0.15, 0.2) is 28.9 Å². The number of ether oxygens (including phenoxy) is 1. The van der Waals surface area contributed by atoms with E-state index in [1.54, 1.807) is 12.1 Å². The zero-order valence-electron chi connectivity index (χ0n) is 11.1. The van der Waals surface area contributed by atoms with Gasteiger partial charge in [-0.1, -0.05) is 6.07 Å². The summed E-state index contributed by atoms with van der Waals surface area (Å²) >= 11 is 0. The number of benzene rings is 1. The first-order chi connectivity index (χ1) is 9.20. The molecule has 1 aromatic carbocycles.